The monoisotopic (exact) mass is 356 g/mol. The van der Waals surface area contributed by atoms with Gasteiger partial charge in [-0.1, -0.05) is 0 Å². The zero-order chi connectivity index (χ0) is 17.6. The molecule has 8 heteroatoms. The van der Waals surface area contributed by atoms with Crippen molar-refractivity contribution in [2.75, 3.05) is 40.5 Å². The summed E-state index contributed by atoms with van der Waals surface area (Å²) >= 11 is 0. The third kappa shape index (κ3) is 4.54. The fourth-order valence-electron chi connectivity index (χ4n) is 2.85. The van der Waals surface area contributed by atoms with E-state index in [1.807, 2.05) is 0 Å². The van der Waals surface area contributed by atoms with Crippen molar-refractivity contribution >= 4 is 16.0 Å². The first-order chi connectivity index (χ1) is 11.4. The van der Waals surface area contributed by atoms with Gasteiger partial charge in [-0.05, 0) is 50.2 Å². The minimum absolute atomic E-state index is 0.122. The van der Waals surface area contributed by atoms with Gasteiger partial charge in [0.1, 0.15) is 0 Å². The molecule has 0 aromatic heterocycles. The van der Waals surface area contributed by atoms with Gasteiger partial charge in [-0.3, -0.25) is 0 Å². The molecule has 2 rings (SSSR count). The average Bonchev–Trinajstić information content (AvgIpc) is 2.61. The number of hydrogen-bond acceptors (Lipinski definition) is 6. The Labute approximate surface area is 142 Å². The van der Waals surface area contributed by atoms with Gasteiger partial charge in [-0.25, -0.2) is 17.9 Å². The van der Waals surface area contributed by atoms with Gasteiger partial charge in [0.25, 0.3) is 0 Å². The third-order valence-electron chi connectivity index (χ3n) is 4.34. The molecule has 0 amide bonds. The van der Waals surface area contributed by atoms with Crippen LogP contribution in [0.1, 0.15) is 23.2 Å². The van der Waals surface area contributed by atoms with Crippen molar-refractivity contribution in [3.05, 3.63) is 29.8 Å². The topological polar surface area (TPSA) is 93.7 Å². The van der Waals surface area contributed by atoms with E-state index < -0.39 is 16.0 Å². The first-order valence-electron chi connectivity index (χ1n) is 7.80. The van der Waals surface area contributed by atoms with Crippen LogP contribution in [0.15, 0.2) is 29.2 Å². The molecule has 0 radical (unpaired) electrons. The molecule has 0 atom stereocenters. The van der Waals surface area contributed by atoms with Gasteiger partial charge in [0, 0.05) is 19.1 Å². The second-order valence-corrected chi connectivity index (χ2v) is 7.79. The zero-order valence-electron chi connectivity index (χ0n) is 14.0. The second kappa shape index (κ2) is 8.06. The number of ether oxygens (including phenoxy) is 2. The molecule has 1 aromatic rings. The molecule has 2 N–H and O–H groups in total. The standard InChI is InChI=1S/C16H24N2O5S/c1-22-12-16(7-9-17-10-8-16)11-18-24(20,21)14-5-3-13(4-6-14)15(19)23-2/h3-6,17-18H,7-12H2,1-2H3. The highest BCUT2D eigenvalue weighted by Gasteiger charge is 2.33. The van der Waals surface area contributed by atoms with Gasteiger partial charge < -0.3 is 14.8 Å². The quantitative estimate of drug-likeness (QED) is 0.701. The molecule has 1 aromatic carbocycles. The second-order valence-electron chi connectivity index (χ2n) is 6.02. The van der Waals surface area contributed by atoms with E-state index in [-0.39, 0.29) is 10.3 Å². The lowest BCUT2D eigenvalue weighted by Crippen LogP contribution is -2.47. The van der Waals surface area contributed by atoms with Crippen LogP contribution in [0, 0.1) is 5.41 Å². The van der Waals surface area contributed by atoms with E-state index in [0.717, 1.165) is 25.9 Å². The predicted molar refractivity (Wildman–Crippen MR) is 89.4 cm³/mol. The Morgan fingerprint density at radius 3 is 2.38 bits per heavy atom. The number of carbonyl (C=O) groups is 1. The van der Waals surface area contributed by atoms with Gasteiger partial charge in [-0.2, -0.15) is 0 Å². The Kier molecular flexibility index (Phi) is 6.34. The minimum atomic E-state index is -3.64. The lowest BCUT2D eigenvalue weighted by molar-refractivity contribution is 0.0577. The van der Waals surface area contributed by atoms with Gasteiger partial charge in [0.15, 0.2) is 0 Å². The molecule has 0 bridgehead atoms. The molecular weight excluding hydrogens is 332 g/mol. The molecule has 1 aliphatic rings. The van der Waals surface area contributed by atoms with Crippen molar-refractivity contribution < 1.29 is 22.7 Å². The molecule has 0 unspecified atom stereocenters. The summed E-state index contributed by atoms with van der Waals surface area (Å²) in [6, 6.07) is 5.69. The van der Waals surface area contributed by atoms with E-state index in [1.54, 1.807) is 7.11 Å². The van der Waals surface area contributed by atoms with Crippen molar-refractivity contribution in [1.82, 2.24) is 10.0 Å². The Hall–Kier alpha value is -1.48. The highest BCUT2D eigenvalue weighted by atomic mass is 32.2. The molecule has 0 saturated carbocycles. The van der Waals surface area contributed by atoms with Crippen LogP contribution < -0.4 is 10.0 Å². The smallest absolute Gasteiger partial charge is 0.337 e. The normalized spacial score (nSPS) is 17.4. The number of methoxy groups -OCH3 is 2. The summed E-state index contributed by atoms with van der Waals surface area (Å²) in [7, 11) is -0.734. The molecule has 7 nitrogen and oxygen atoms in total. The lowest BCUT2D eigenvalue weighted by atomic mass is 9.80. The molecular formula is C16H24N2O5S. The predicted octanol–water partition coefficient (Wildman–Crippen LogP) is 0.768. The van der Waals surface area contributed by atoms with Crippen LogP contribution in [0.5, 0.6) is 0 Å². The van der Waals surface area contributed by atoms with E-state index in [9.17, 15) is 13.2 Å². The first kappa shape index (κ1) is 18.9. The van der Waals surface area contributed by atoms with Crippen LogP contribution in [0.2, 0.25) is 0 Å². The van der Waals surface area contributed by atoms with Crippen molar-refractivity contribution in [1.29, 1.82) is 0 Å². The lowest BCUT2D eigenvalue weighted by Gasteiger charge is -2.37. The van der Waals surface area contributed by atoms with E-state index in [0.29, 0.717) is 18.7 Å². The summed E-state index contributed by atoms with van der Waals surface area (Å²) in [6.45, 7) is 2.53. The maximum Gasteiger partial charge on any atom is 0.337 e. The van der Waals surface area contributed by atoms with Crippen LogP contribution in [-0.2, 0) is 19.5 Å². The maximum atomic E-state index is 12.5. The van der Waals surface area contributed by atoms with Crippen LogP contribution in [0.4, 0.5) is 0 Å². The molecule has 1 heterocycles. The summed E-state index contributed by atoms with van der Waals surface area (Å²) in [5.74, 6) is -0.499. The Morgan fingerprint density at radius 1 is 1.21 bits per heavy atom. The molecule has 24 heavy (non-hydrogen) atoms. The van der Waals surface area contributed by atoms with Gasteiger partial charge >= 0.3 is 5.97 Å². The number of benzene rings is 1. The van der Waals surface area contributed by atoms with Crippen LogP contribution in [-0.4, -0.2) is 54.8 Å². The summed E-state index contributed by atoms with van der Waals surface area (Å²) in [6.07, 6.45) is 1.70. The van der Waals surface area contributed by atoms with Crippen LogP contribution >= 0.6 is 0 Å². The SMILES string of the molecule is COCC1(CNS(=O)(=O)c2ccc(C(=O)OC)cc2)CCNCC1. The maximum absolute atomic E-state index is 12.5. The van der Waals surface area contributed by atoms with Crippen molar-refractivity contribution in [3.8, 4) is 0 Å². The average molecular weight is 356 g/mol. The number of piperidine rings is 1. The fraction of sp³-hybridized carbons (Fsp3) is 0.562. The largest absolute Gasteiger partial charge is 0.465 e. The number of carbonyl (C=O) groups excluding carboxylic acids is 1. The third-order valence-corrected chi connectivity index (χ3v) is 5.75. The summed E-state index contributed by atoms with van der Waals surface area (Å²) in [4.78, 5) is 11.5. The Bertz CT molecular complexity index is 646. The molecule has 1 aliphatic heterocycles. The van der Waals surface area contributed by atoms with E-state index in [1.165, 1.54) is 31.4 Å². The number of esters is 1. The first-order valence-corrected chi connectivity index (χ1v) is 9.28. The van der Waals surface area contributed by atoms with Crippen LogP contribution in [0.3, 0.4) is 0 Å². The van der Waals surface area contributed by atoms with Crippen molar-refractivity contribution in [2.45, 2.75) is 17.7 Å². The van der Waals surface area contributed by atoms with E-state index >= 15 is 0 Å². The zero-order valence-corrected chi connectivity index (χ0v) is 14.8. The molecule has 0 spiro atoms. The summed E-state index contributed by atoms with van der Waals surface area (Å²) in [5.41, 5.74) is 0.115. The molecule has 1 saturated heterocycles. The van der Waals surface area contributed by atoms with Crippen LogP contribution in [0.25, 0.3) is 0 Å². The number of rotatable bonds is 7. The molecule has 0 aliphatic carbocycles. The number of nitrogens with one attached hydrogen (secondary N) is 2. The number of hydrogen-bond donors (Lipinski definition) is 2. The van der Waals surface area contributed by atoms with Crippen molar-refractivity contribution in [2.24, 2.45) is 5.41 Å². The highest BCUT2D eigenvalue weighted by molar-refractivity contribution is 7.89. The van der Waals surface area contributed by atoms with Gasteiger partial charge in [0.2, 0.25) is 10.0 Å². The summed E-state index contributed by atoms with van der Waals surface area (Å²) in [5, 5.41) is 3.27. The number of sulfonamides is 1. The fourth-order valence-corrected chi connectivity index (χ4v) is 4.01. The van der Waals surface area contributed by atoms with Gasteiger partial charge in [-0.15, -0.1) is 0 Å². The molecule has 134 valence electrons. The van der Waals surface area contributed by atoms with E-state index in [4.69, 9.17) is 4.74 Å². The molecule has 1 fully saturated rings. The minimum Gasteiger partial charge on any atom is -0.465 e. The highest BCUT2D eigenvalue weighted by Crippen LogP contribution is 2.28. The van der Waals surface area contributed by atoms with Crippen molar-refractivity contribution in [3.63, 3.8) is 0 Å². The Morgan fingerprint density at radius 2 is 1.83 bits per heavy atom. The Balaban J connectivity index is 2.08. The van der Waals surface area contributed by atoms with Gasteiger partial charge in [0.05, 0.1) is 24.2 Å². The summed E-state index contributed by atoms with van der Waals surface area (Å²) < 4.78 is 37.6. The van der Waals surface area contributed by atoms with E-state index in [2.05, 4.69) is 14.8 Å².